The highest BCUT2D eigenvalue weighted by Crippen LogP contribution is 2.25. The van der Waals surface area contributed by atoms with Crippen molar-refractivity contribution in [1.82, 2.24) is 4.90 Å². The Morgan fingerprint density at radius 1 is 1.31 bits per heavy atom. The van der Waals surface area contributed by atoms with Gasteiger partial charge in [0.05, 0.1) is 6.61 Å². The second kappa shape index (κ2) is 6.39. The first-order valence-corrected chi connectivity index (χ1v) is 5.18. The van der Waals surface area contributed by atoms with Gasteiger partial charge in [-0.25, -0.2) is 0 Å². The Kier molecular flexibility index (Phi) is 6.35. The maximum absolute atomic E-state index is 5.28. The number of methoxy groups -OCH3 is 1. The van der Waals surface area contributed by atoms with Crippen LogP contribution in [0, 0.1) is 5.41 Å². The minimum absolute atomic E-state index is 0.328. The summed E-state index contributed by atoms with van der Waals surface area (Å²) >= 11 is 0. The van der Waals surface area contributed by atoms with E-state index in [9.17, 15) is 0 Å². The predicted octanol–water partition coefficient (Wildman–Crippen LogP) is 2.39. The largest absolute Gasteiger partial charge is 0.384 e. The summed E-state index contributed by atoms with van der Waals surface area (Å²) in [4.78, 5) is 2.24. The van der Waals surface area contributed by atoms with Crippen LogP contribution in [0.3, 0.4) is 0 Å². The number of nitrogens with zero attached hydrogens (tertiary/aromatic N) is 1. The first-order valence-electron chi connectivity index (χ1n) is 5.18. The van der Waals surface area contributed by atoms with Gasteiger partial charge in [-0.1, -0.05) is 26.7 Å². The fourth-order valence-corrected chi connectivity index (χ4v) is 1.91. The fraction of sp³-hybridized carbons (Fsp3) is 1.00. The minimum atomic E-state index is 0.328. The zero-order valence-electron chi connectivity index (χ0n) is 9.89. The Morgan fingerprint density at radius 3 is 2.31 bits per heavy atom. The molecule has 80 valence electrons. The number of hydrogen-bond acceptors (Lipinski definition) is 2. The van der Waals surface area contributed by atoms with Crippen LogP contribution in [0.25, 0.3) is 0 Å². The molecule has 0 bridgehead atoms. The smallest absolute Gasteiger partial charge is 0.0528 e. The average molecular weight is 187 g/mol. The zero-order chi connectivity index (χ0) is 10.3. The van der Waals surface area contributed by atoms with Gasteiger partial charge in [-0.3, -0.25) is 0 Å². The zero-order valence-corrected chi connectivity index (χ0v) is 9.89. The molecule has 0 amide bonds. The lowest BCUT2D eigenvalue weighted by Crippen LogP contribution is -2.34. The number of rotatable bonds is 7. The van der Waals surface area contributed by atoms with E-state index < -0.39 is 0 Å². The lowest BCUT2D eigenvalue weighted by molar-refractivity contribution is 0.0624. The van der Waals surface area contributed by atoms with E-state index in [1.807, 2.05) is 0 Å². The lowest BCUT2D eigenvalue weighted by atomic mass is 9.85. The van der Waals surface area contributed by atoms with E-state index in [1.165, 1.54) is 19.3 Å². The van der Waals surface area contributed by atoms with Gasteiger partial charge in [0.1, 0.15) is 0 Å². The Labute approximate surface area is 83.3 Å². The Hall–Kier alpha value is -0.0800. The van der Waals surface area contributed by atoms with Crippen LogP contribution in [0.2, 0.25) is 0 Å². The molecule has 0 saturated heterocycles. The first-order chi connectivity index (χ1) is 6.04. The molecule has 0 N–H and O–H groups in total. The van der Waals surface area contributed by atoms with Crippen molar-refractivity contribution >= 4 is 0 Å². The van der Waals surface area contributed by atoms with E-state index in [-0.39, 0.29) is 0 Å². The highest BCUT2D eigenvalue weighted by molar-refractivity contribution is 4.76. The van der Waals surface area contributed by atoms with E-state index in [2.05, 4.69) is 32.8 Å². The molecule has 0 rings (SSSR count). The van der Waals surface area contributed by atoms with Crippen molar-refractivity contribution in [3.8, 4) is 0 Å². The SMILES string of the molecule is CCCCC(C)(COC)CN(C)C. The van der Waals surface area contributed by atoms with E-state index >= 15 is 0 Å². The van der Waals surface area contributed by atoms with Crippen LogP contribution in [0.1, 0.15) is 33.1 Å². The fourth-order valence-electron chi connectivity index (χ4n) is 1.91. The highest BCUT2D eigenvalue weighted by atomic mass is 16.5. The molecule has 0 aromatic carbocycles. The monoisotopic (exact) mass is 187 g/mol. The van der Waals surface area contributed by atoms with Crippen molar-refractivity contribution in [3.05, 3.63) is 0 Å². The van der Waals surface area contributed by atoms with Gasteiger partial charge < -0.3 is 9.64 Å². The van der Waals surface area contributed by atoms with Crippen LogP contribution < -0.4 is 0 Å². The number of ether oxygens (including phenoxy) is 1. The maximum atomic E-state index is 5.28. The second-order valence-corrected chi connectivity index (χ2v) is 4.59. The van der Waals surface area contributed by atoms with Crippen LogP contribution in [-0.2, 0) is 4.74 Å². The summed E-state index contributed by atoms with van der Waals surface area (Å²) in [6, 6.07) is 0. The van der Waals surface area contributed by atoms with Crippen molar-refractivity contribution in [2.75, 3.05) is 34.4 Å². The first kappa shape index (κ1) is 12.9. The maximum Gasteiger partial charge on any atom is 0.0528 e. The van der Waals surface area contributed by atoms with Gasteiger partial charge in [0, 0.05) is 19.1 Å². The molecule has 0 aromatic rings. The van der Waals surface area contributed by atoms with Crippen molar-refractivity contribution in [2.24, 2.45) is 5.41 Å². The van der Waals surface area contributed by atoms with Gasteiger partial charge >= 0.3 is 0 Å². The normalized spacial score (nSPS) is 16.2. The van der Waals surface area contributed by atoms with Crippen molar-refractivity contribution in [2.45, 2.75) is 33.1 Å². The Balaban J connectivity index is 3.99. The molecule has 0 saturated carbocycles. The van der Waals surface area contributed by atoms with Crippen LogP contribution in [0.15, 0.2) is 0 Å². The summed E-state index contributed by atoms with van der Waals surface area (Å²) in [5.74, 6) is 0. The minimum Gasteiger partial charge on any atom is -0.384 e. The van der Waals surface area contributed by atoms with Crippen LogP contribution >= 0.6 is 0 Å². The highest BCUT2D eigenvalue weighted by Gasteiger charge is 2.24. The second-order valence-electron chi connectivity index (χ2n) is 4.59. The molecule has 2 nitrogen and oxygen atoms in total. The molecule has 0 aliphatic heterocycles. The van der Waals surface area contributed by atoms with Gasteiger partial charge in [-0.15, -0.1) is 0 Å². The third-order valence-corrected chi connectivity index (χ3v) is 2.32. The lowest BCUT2D eigenvalue weighted by Gasteiger charge is -2.31. The van der Waals surface area contributed by atoms with Crippen molar-refractivity contribution in [1.29, 1.82) is 0 Å². The molecule has 0 aromatic heterocycles. The Bertz CT molecular complexity index is 125. The van der Waals surface area contributed by atoms with E-state index in [4.69, 9.17) is 4.74 Å². The molecular formula is C11H25NO. The molecule has 0 aliphatic carbocycles. The molecule has 0 fully saturated rings. The summed E-state index contributed by atoms with van der Waals surface area (Å²) in [5.41, 5.74) is 0.328. The molecule has 0 aliphatic rings. The molecule has 0 heterocycles. The molecule has 0 radical (unpaired) electrons. The van der Waals surface area contributed by atoms with Gasteiger partial charge in [-0.2, -0.15) is 0 Å². The van der Waals surface area contributed by atoms with Gasteiger partial charge in [-0.05, 0) is 20.5 Å². The summed E-state index contributed by atoms with van der Waals surface area (Å²) in [6.45, 7) is 6.53. The molecule has 1 atom stereocenters. The van der Waals surface area contributed by atoms with Crippen LogP contribution in [-0.4, -0.2) is 39.3 Å². The van der Waals surface area contributed by atoms with Crippen molar-refractivity contribution in [3.63, 3.8) is 0 Å². The van der Waals surface area contributed by atoms with E-state index in [0.717, 1.165) is 13.2 Å². The van der Waals surface area contributed by atoms with Gasteiger partial charge in [0.15, 0.2) is 0 Å². The third-order valence-electron chi connectivity index (χ3n) is 2.32. The quantitative estimate of drug-likeness (QED) is 0.607. The van der Waals surface area contributed by atoms with Crippen molar-refractivity contribution < 1.29 is 4.74 Å². The van der Waals surface area contributed by atoms with E-state index in [0.29, 0.717) is 5.41 Å². The van der Waals surface area contributed by atoms with Gasteiger partial charge in [0.25, 0.3) is 0 Å². The standard InChI is InChI=1S/C11H25NO/c1-6-7-8-11(2,10-13-5)9-12(3)4/h6-10H2,1-5H3. The summed E-state index contributed by atoms with van der Waals surface area (Å²) in [6.07, 6.45) is 3.83. The number of hydrogen-bond donors (Lipinski definition) is 0. The van der Waals surface area contributed by atoms with Gasteiger partial charge in [0.2, 0.25) is 0 Å². The molecule has 2 heteroatoms. The molecule has 13 heavy (non-hydrogen) atoms. The summed E-state index contributed by atoms with van der Waals surface area (Å²) < 4.78 is 5.28. The summed E-state index contributed by atoms with van der Waals surface area (Å²) in [7, 11) is 6.04. The van der Waals surface area contributed by atoms with E-state index in [1.54, 1.807) is 7.11 Å². The predicted molar refractivity (Wildman–Crippen MR) is 58.1 cm³/mol. The summed E-state index contributed by atoms with van der Waals surface area (Å²) in [5, 5.41) is 0. The number of unbranched alkanes of at least 4 members (excludes halogenated alkanes) is 1. The Morgan fingerprint density at radius 2 is 1.92 bits per heavy atom. The third kappa shape index (κ3) is 6.05. The average Bonchev–Trinajstić information content (AvgIpc) is 2.00. The molecule has 0 spiro atoms. The van der Waals surface area contributed by atoms with Crippen LogP contribution in [0.4, 0.5) is 0 Å². The molecule has 1 unspecified atom stereocenters. The topological polar surface area (TPSA) is 12.5 Å². The van der Waals surface area contributed by atoms with Crippen LogP contribution in [0.5, 0.6) is 0 Å². The molecular weight excluding hydrogens is 162 g/mol.